The van der Waals surface area contributed by atoms with Gasteiger partial charge in [-0.2, -0.15) is 13.2 Å². The summed E-state index contributed by atoms with van der Waals surface area (Å²) in [4.78, 5) is 11.4. The molecule has 0 unspecified atom stereocenters. The molecule has 1 rings (SSSR count). The quantitative estimate of drug-likeness (QED) is 0.867. The second kappa shape index (κ2) is 6.23. The lowest BCUT2D eigenvalue weighted by Gasteiger charge is -2.13. The molecule has 0 aliphatic rings. The summed E-state index contributed by atoms with van der Waals surface area (Å²) in [6.07, 6.45) is -4.60. The van der Waals surface area contributed by atoms with Crippen molar-refractivity contribution in [3.05, 3.63) is 29.8 Å². The van der Waals surface area contributed by atoms with Gasteiger partial charge in [0.2, 0.25) is 15.9 Å². The van der Waals surface area contributed by atoms with Crippen LogP contribution >= 0.6 is 0 Å². The first-order valence-electron chi connectivity index (χ1n) is 5.59. The molecule has 0 saturated carbocycles. The Morgan fingerprint density at radius 3 is 2.40 bits per heavy atom. The van der Waals surface area contributed by atoms with E-state index in [2.05, 4.69) is 0 Å². The lowest BCUT2D eigenvalue weighted by Crippen LogP contribution is -2.34. The summed E-state index contributed by atoms with van der Waals surface area (Å²) < 4.78 is 62.2. The molecule has 0 atom stereocenters. The zero-order chi connectivity index (χ0) is 15.4. The van der Waals surface area contributed by atoms with Crippen LogP contribution in [0.2, 0.25) is 0 Å². The van der Waals surface area contributed by atoms with Gasteiger partial charge < -0.3 is 5.32 Å². The Kier molecular flexibility index (Phi) is 5.12. The molecule has 0 aliphatic heterocycles. The average Bonchev–Trinajstić information content (AvgIpc) is 2.36. The first-order valence-corrected chi connectivity index (χ1v) is 7.24. The van der Waals surface area contributed by atoms with Gasteiger partial charge in [0.25, 0.3) is 0 Å². The van der Waals surface area contributed by atoms with Crippen molar-refractivity contribution in [2.75, 3.05) is 17.6 Å². The molecule has 0 fully saturated rings. The molecule has 2 N–H and O–H groups in total. The summed E-state index contributed by atoms with van der Waals surface area (Å²) in [6, 6.07) is 4.44. The topological polar surface area (TPSA) is 75.3 Å². The maximum atomic E-state index is 12.7. The van der Waals surface area contributed by atoms with Crippen LogP contribution < -0.4 is 10.0 Å². The second-order valence-electron chi connectivity index (χ2n) is 3.82. The average molecular weight is 310 g/mol. The second-order valence-corrected chi connectivity index (χ2v) is 5.91. The number of rotatable bonds is 5. The largest absolute Gasteiger partial charge is 0.418 e. The third kappa shape index (κ3) is 4.82. The molecule has 9 heteroatoms. The van der Waals surface area contributed by atoms with Crippen LogP contribution in [-0.4, -0.2) is 26.6 Å². The molecule has 0 spiro atoms. The van der Waals surface area contributed by atoms with Crippen LogP contribution in [0, 0.1) is 0 Å². The Bertz CT molecular complexity index is 585. The van der Waals surface area contributed by atoms with E-state index in [1.807, 2.05) is 10.0 Å². The van der Waals surface area contributed by atoms with Crippen molar-refractivity contribution in [3.63, 3.8) is 0 Å². The van der Waals surface area contributed by atoms with Gasteiger partial charge in [-0.3, -0.25) is 4.79 Å². The molecule has 0 aliphatic carbocycles. The van der Waals surface area contributed by atoms with Crippen LogP contribution in [0.15, 0.2) is 24.3 Å². The molecule has 0 heterocycles. The SMILES string of the molecule is CCS(=O)(=O)NCC(=O)Nc1ccccc1C(F)(F)F. The standard InChI is InChI=1S/C11H13F3N2O3S/c1-2-20(18,19)15-7-10(17)16-9-6-4-3-5-8(9)11(12,13)14/h3-6,15H,2,7H2,1H3,(H,16,17). The summed E-state index contributed by atoms with van der Waals surface area (Å²) in [6.45, 7) is 0.752. The van der Waals surface area contributed by atoms with Crippen molar-refractivity contribution in [1.82, 2.24) is 4.72 Å². The highest BCUT2D eigenvalue weighted by Gasteiger charge is 2.33. The highest BCUT2D eigenvalue weighted by atomic mass is 32.2. The van der Waals surface area contributed by atoms with Crippen LogP contribution in [0.1, 0.15) is 12.5 Å². The van der Waals surface area contributed by atoms with Crippen LogP contribution in [0.5, 0.6) is 0 Å². The summed E-state index contributed by atoms with van der Waals surface area (Å²) >= 11 is 0. The minimum Gasteiger partial charge on any atom is -0.324 e. The Hall–Kier alpha value is -1.61. The van der Waals surface area contributed by atoms with Gasteiger partial charge in [0.1, 0.15) is 0 Å². The lowest BCUT2D eigenvalue weighted by molar-refractivity contribution is -0.137. The molecule has 1 aromatic rings. The highest BCUT2D eigenvalue weighted by Crippen LogP contribution is 2.34. The van der Waals surface area contributed by atoms with E-state index in [1.54, 1.807) is 0 Å². The number of carbonyl (C=O) groups excluding carboxylic acids is 1. The number of anilines is 1. The van der Waals surface area contributed by atoms with Crippen molar-refractivity contribution in [2.45, 2.75) is 13.1 Å². The molecular formula is C11H13F3N2O3S. The van der Waals surface area contributed by atoms with Crippen molar-refractivity contribution in [3.8, 4) is 0 Å². The molecule has 0 aromatic heterocycles. The fourth-order valence-electron chi connectivity index (χ4n) is 1.31. The number of alkyl halides is 3. The normalized spacial score (nSPS) is 12.2. The molecule has 20 heavy (non-hydrogen) atoms. The van der Waals surface area contributed by atoms with E-state index < -0.39 is 39.9 Å². The van der Waals surface area contributed by atoms with Gasteiger partial charge in [0, 0.05) is 0 Å². The number of hydrogen-bond donors (Lipinski definition) is 2. The van der Waals surface area contributed by atoms with E-state index in [1.165, 1.54) is 19.1 Å². The number of carbonyl (C=O) groups is 1. The smallest absolute Gasteiger partial charge is 0.324 e. The Morgan fingerprint density at radius 2 is 1.85 bits per heavy atom. The van der Waals surface area contributed by atoms with Crippen molar-refractivity contribution in [2.24, 2.45) is 0 Å². The van der Waals surface area contributed by atoms with Gasteiger partial charge >= 0.3 is 6.18 Å². The Balaban J connectivity index is 2.77. The zero-order valence-electron chi connectivity index (χ0n) is 10.5. The molecule has 1 amide bonds. The van der Waals surface area contributed by atoms with Crippen molar-refractivity contribution >= 4 is 21.6 Å². The van der Waals surface area contributed by atoms with Crippen molar-refractivity contribution in [1.29, 1.82) is 0 Å². The molecule has 0 radical (unpaired) electrons. The molecule has 5 nitrogen and oxygen atoms in total. The van der Waals surface area contributed by atoms with E-state index in [4.69, 9.17) is 0 Å². The third-order valence-electron chi connectivity index (χ3n) is 2.34. The molecule has 112 valence electrons. The fourth-order valence-corrected chi connectivity index (χ4v) is 1.87. The fraction of sp³-hybridized carbons (Fsp3) is 0.364. The van der Waals surface area contributed by atoms with Gasteiger partial charge in [0.15, 0.2) is 0 Å². The van der Waals surface area contributed by atoms with Crippen LogP contribution in [0.25, 0.3) is 0 Å². The Morgan fingerprint density at radius 1 is 1.25 bits per heavy atom. The monoisotopic (exact) mass is 310 g/mol. The molecule has 1 aromatic carbocycles. The zero-order valence-corrected chi connectivity index (χ0v) is 11.3. The van der Waals surface area contributed by atoms with Crippen LogP contribution in [0.4, 0.5) is 18.9 Å². The van der Waals surface area contributed by atoms with Crippen LogP contribution in [-0.2, 0) is 21.0 Å². The number of amides is 1. The number of halogens is 3. The number of benzene rings is 1. The first-order chi connectivity index (χ1) is 9.15. The molecule has 0 saturated heterocycles. The number of hydrogen-bond acceptors (Lipinski definition) is 3. The van der Waals surface area contributed by atoms with Gasteiger partial charge in [0.05, 0.1) is 23.5 Å². The van der Waals surface area contributed by atoms with E-state index in [-0.39, 0.29) is 5.75 Å². The van der Waals surface area contributed by atoms with E-state index in [0.29, 0.717) is 0 Å². The molecular weight excluding hydrogens is 297 g/mol. The third-order valence-corrected chi connectivity index (χ3v) is 3.68. The summed E-state index contributed by atoms with van der Waals surface area (Å²) in [5, 5.41) is 2.03. The van der Waals surface area contributed by atoms with Crippen LogP contribution in [0.3, 0.4) is 0 Å². The van der Waals surface area contributed by atoms with Crippen molar-refractivity contribution < 1.29 is 26.4 Å². The van der Waals surface area contributed by atoms with E-state index >= 15 is 0 Å². The Labute approximate surface area is 114 Å². The summed E-state index contributed by atoms with van der Waals surface area (Å²) in [5.74, 6) is -1.10. The molecule has 0 bridgehead atoms. The predicted octanol–water partition coefficient (Wildman–Crippen LogP) is 1.58. The van der Waals surface area contributed by atoms with Gasteiger partial charge in [-0.25, -0.2) is 13.1 Å². The first kappa shape index (κ1) is 16.4. The van der Waals surface area contributed by atoms with E-state index in [9.17, 15) is 26.4 Å². The predicted molar refractivity (Wildman–Crippen MR) is 67.5 cm³/mol. The number of para-hydroxylation sites is 1. The highest BCUT2D eigenvalue weighted by molar-refractivity contribution is 7.89. The van der Waals surface area contributed by atoms with Gasteiger partial charge in [-0.15, -0.1) is 0 Å². The summed E-state index contributed by atoms with van der Waals surface area (Å²) in [7, 11) is -3.58. The minimum absolute atomic E-state index is 0.223. The lowest BCUT2D eigenvalue weighted by atomic mass is 10.1. The van der Waals surface area contributed by atoms with Gasteiger partial charge in [-0.05, 0) is 19.1 Å². The number of nitrogens with one attached hydrogen (secondary N) is 2. The minimum atomic E-state index is -4.60. The van der Waals surface area contributed by atoms with Gasteiger partial charge in [-0.1, -0.05) is 12.1 Å². The summed E-state index contributed by atoms with van der Waals surface area (Å²) in [5.41, 5.74) is -1.41. The maximum absolute atomic E-state index is 12.7. The maximum Gasteiger partial charge on any atom is 0.418 e. The van der Waals surface area contributed by atoms with E-state index in [0.717, 1.165) is 12.1 Å². The number of sulfonamides is 1.